The second-order valence-corrected chi connectivity index (χ2v) is 8.85. The van der Waals surface area contributed by atoms with Crippen LogP contribution in [0.2, 0.25) is 0 Å². The lowest BCUT2D eigenvalue weighted by molar-refractivity contribution is -0.144. The van der Waals surface area contributed by atoms with Gasteiger partial charge in [-0.25, -0.2) is 0 Å². The molecule has 2 saturated heterocycles. The number of rotatable bonds is 2. The molecule has 5 nitrogen and oxygen atoms in total. The first kappa shape index (κ1) is 17.9. The number of hydrogen-bond donors (Lipinski definition) is 2. The number of carbonyl (C=O) groups excluding carboxylic acids is 2. The van der Waals surface area contributed by atoms with Crippen LogP contribution in [-0.2, 0) is 16.0 Å². The molecule has 3 aliphatic rings. The van der Waals surface area contributed by atoms with E-state index < -0.39 is 6.04 Å². The molecule has 1 aromatic carbocycles. The highest BCUT2D eigenvalue weighted by molar-refractivity contribution is 7.99. The van der Waals surface area contributed by atoms with Crippen molar-refractivity contribution in [3.8, 4) is 0 Å². The lowest BCUT2D eigenvalue weighted by Gasteiger charge is -2.41. The van der Waals surface area contributed by atoms with Crippen molar-refractivity contribution in [2.75, 3.05) is 5.75 Å². The minimum absolute atomic E-state index is 0.0144. The van der Waals surface area contributed by atoms with E-state index in [4.69, 9.17) is 5.73 Å². The Morgan fingerprint density at radius 3 is 2.88 bits per heavy atom. The van der Waals surface area contributed by atoms with Crippen molar-refractivity contribution in [1.82, 2.24) is 10.2 Å². The molecule has 4 rings (SSSR count). The minimum Gasteiger partial charge on any atom is -0.347 e. The summed E-state index contributed by atoms with van der Waals surface area (Å²) < 4.78 is 0. The molecule has 0 saturated carbocycles. The van der Waals surface area contributed by atoms with Crippen molar-refractivity contribution < 1.29 is 9.59 Å². The lowest BCUT2D eigenvalue weighted by atomic mass is 9.87. The first-order chi connectivity index (χ1) is 12.6. The van der Waals surface area contributed by atoms with Crippen LogP contribution in [-0.4, -0.2) is 39.9 Å². The molecule has 0 spiro atoms. The van der Waals surface area contributed by atoms with E-state index in [-0.39, 0.29) is 29.3 Å². The summed E-state index contributed by atoms with van der Waals surface area (Å²) in [6, 6.07) is 7.56. The normalized spacial score (nSPS) is 31.6. The Kier molecular flexibility index (Phi) is 5.23. The number of piperidine rings is 1. The summed E-state index contributed by atoms with van der Waals surface area (Å²) in [7, 11) is 0. The first-order valence-corrected chi connectivity index (χ1v) is 10.8. The molecule has 0 bridgehead atoms. The average molecular weight is 374 g/mol. The van der Waals surface area contributed by atoms with E-state index in [1.807, 2.05) is 6.07 Å². The number of thioether (sulfide) groups is 1. The first-order valence-electron chi connectivity index (χ1n) is 9.72. The third kappa shape index (κ3) is 3.37. The molecule has 1 aromatic rings. The van der Waals surface area contributed by atoms with E-state index in [1.54, 1.807) is 16.7 Å². The summed E-state index contributed by atoms with van der Waals surface area (Å²) >= 11 is 1.78. The average Bonchev–Trinajstić information content (AvgIpc) is 2.81. The van der Waals surface area contributed by atoms with Crippen molar-refractivity contribution in [1.29, 1.82) is 0 Å². The number of nitrogens with two attached hydrogens (primary N) is 1. The molecule has 2 heterocycles. The quantitative estimate of drug-likeness (QED) is 0.834. The van der Waals surface area contributed by atoms with E-state index in [9.17, 15) is 9.59 Å². The molecule has 6 heteroatoms. The van der Waals surface area contributed by atoms with Crippen LogP contribution in [0.3, 0.4) is 0 Å². The van der Waals surface area contributed by atoms with Gasteiger partial charge < -0.3 is 16.0 Å². The Bertz CT molecular complexity index is 695. The van der Waals surface area contributed by atoms with E-state index in [0.717, 1.165) is 44.3 Å². The standard InChI is InChI=1S/C20H27N3O2S/c21-15-11-12-26-18-10-4-9-17(23(18)20(15)25)19(24)22-16-8-3-6-13-5-1-2-7-14(13)16/h1-2,5,7,15-18H,3-4,6,8-12,21H2,(H,22,24)/t15-,16+,17?,18-/m0/s1. The van der Waals surface area contributed by atoms with Crippen LogP contribution in [0.1, 0.15) is 55.7 Å². The monoisotopic (exact) mass is 373 g/mol. The second-order valence-electron chi connectivity index (χ2n) is 7.57. The molecule has 4 atom stereocenters. The number of hydrogen-bond acceptors (Lipinski definition) is 4. The minimum atomic E-state index is -0.476. The van der Waals surface area contributed by atoms with Gasteiger partial charge in [0.2, 0.25) is 11.8 Å². The van der Waals surface area contributed by atoms with Gasteiger partial charge in [-0.05, 0) is 61.8 Å². The topological polar surface area (TPSA) is 75.4 Å². The summed E-state index contributed by atoms with van der Waals surface area (Å²) in [5.41, 5.74) is 8.62. The Labute approximate surface area is 159 Å². The number of nitrogens with zero attached hydrogens (tertiary/aromatic N) is 1. The molecular weight excluding hydrogens is 346 g/mol. The maximum absolute atomic E-state index is 13.1. The molecular formula is C20H27N3O2S. The zero-order valence-electron chi connectivity index (χ0n) is 15.0. The molecule has 2 aliphatic heterocycles. The van der Waals surface area contributed by atoms with Crippen LogP contribution >= 0.6 is 11.8 Å². The van der Waals surface area contributed by atoms with Crippen molar-refractivity contribution in [2.24, 2.45) is 5.73 Å². The van der Waals surface area contributed by atoms with E-state index in [0.29, 0.717) is 6.42 Å². The summed E-state index contributed by atoms with van der Waals surface area (Å²) in [4.78, 5) is 27.7. The predicted octanol–water partition coefficient (Wildman–Crippen LogP) is 2.35. The van der Waals surface area contributed by atoms with E-state index >= 15 is 0 Å². The van der Waals surface area contributed by atoms with Gasteiger partial charge in [0, 0.05) is 0 Å². The number of carbonyl (C=O) groups is 2. The largest absolute Gasteiger partial charge is 0.347 e. The molecule has 26 heavy (non-hydrogen) atoms. The highest BCUT2D eigenvalue weighted by Gasteiger charge is 2.42. The summed E-state index contributed by atoms with van der Waals surface area (Å²) in [6.07, 6.45) is 6.48. The molecule has 140 valence electrons. The highest BCUT2D eigenvalue weighted by atomic mass is 32.2. The van der Waals surface area contributed by atoms with Crippen LogP contribution in [0.5, 0.6) is 0 Å². The Morgan fingerprint density at radius 2 is 2.00 bits per heavy atom. The van der Waals surface area contributed by atoms with Gasteiger partial charge in [-0.1, -0.05) is 24.3 Å². The molecule has 1 unspecified atom stereocenters. The molecule has 3 N–H and O–H groups in total. The maximum atomic E-state index is 13.1. The molecule has 0 radical (unpaired) electrons. The Hall–Kier alpha value is -1.53. The van der Waals surface area contributed by atoms with Gasteiger partial charge in [0.15, 0.2) is 0 Å². The maximum Gasteiger partial charge on any atom is 0.243 e. The third-order valence-electron chi connectivity index (χ3n) is 5.87. The number of aryl methyl sites for hydroxylation is 1. The number of benzene rings is 1. The SMILES string of the molecule is N[C@H]1CCS[C@H]2CCCC(C(=O)N[C@@H]3CCCc4ccccc43)N2C1=O. The fourth-order valence-corrected chi connectivity index (χ4v) is 5.91. The van der Waals surface area contributed by atoms with Gasteiger partial charge in [-0.3, -0.25) is 9.59 Å². The molecule has 1 aliphatic carbocycles. The van der Waals surface area contributed by atoms with Gasteiger partial charge >= 0.3 is 0 Å². The number of fused-ring (bicyclic) bond motifs is 2. The summed E-state index contributed by atoms with van der Waals surface area (Å²) in [5, 5.41) is 3.35. The Morgan fingerprint density at radius 1 is 1.15 bits per heavy atom. The van der Waals surface area contributed by atoms with Crippen molar-refractivity contribution in [3.63, 3.8) is 0 Å². The van der Waals surface area contributed by atoms with Gasteiger partial charge in [-0.15, -0.1) is 11.8 Å². The van der Waals surface area contributed by atoms with Crippen LogP contribution in [0.25, 0.3) is 0 Å². The van der Waals surface area contributed by atoms with Gasteiger partial charge in [0.1, 0.15) is 6.04 Å². The smallest absolute Gasteiger partial charge is 0.243 e. The summed E-state index contributed by atoms with van der Waals surface area (Å²) in [6.45, 7) is 0. The van der Waals surface area contributed by atoms with Crippen molar-refractivity contribution in [3.05, 3.63) is 35.4 Å². The second kappa shape index (κ2) is 7.61. The molecule has 0 aromatic heterocycles. The molecule has 2 fully saturated rings. The van der Waals surface area contributed by atoms with Crippen LogP contribution in [0.15, 0.2) is 24.3 Å². The van der Waals surface area contributed by atoms with E-state index in [2.05, 4.69) is 23.5 Å². The fraction of sp³-hybridized carbons (Fsp3) is 0.600. The predicted molar refractivity (Wildman–Crippen MR) is 104 cm³/mol. The number of nitrogens with one attached hydrogen (secondary N) is 1. The highest BCUT2D eigenvalue weighted by Crippen LogP contribution is 2.35. The van der Waals surface area contributed by atoms with Gasteiger partial charge in [0.05, 0.1) is 17.5 Å². The van der Waals surface area contributed by atoms with Gasteiger partial charge in [-0.2, -0.15) is 0 Å². The van der Waals surface area contributed by atoms with Gasteiger partial charge in [0.25, 0.3) is 0 Å². The zero-order chi connectivity index (χ0) is 18.1. The lowest BCUT2D eigenvalue weighted by Crippen LogP contribution is -2.58. The van der Waals surface area contributed by atoms with Crippen LogP contribution in [0, 0.1) is 0 Å². The van der Waals surface area contributed by atoms with Crippen LogP contribution < -0.4 is 11.1 Å². The third-order valence-corrected chi connectivity index (χ3v) is 7.19. The summed E-state index contributed by atoms with van der Waals surface area (Å²) in [5.74, 6) is 0.821. The van der Waals surface area contributed by atoms with Crippen molar-refractivity contribution in [2.45, 2.75) is 68.4 Å². The fourth-order valence-electron chi connectivity index (χ4n) is 4.50. The van der Waals surface area contributed by atoms with Crippen molar-refractivity contribution >= 4 is 23.6 Å². The zero-order valence-corrected chi connectivity index (χ0v) is 15.8. The van der Waals surface area contributed by atoms with Crippen LogP contribution in [0.4, 0.5) is 0 Å². The number of amides is 2. The molecule has 2 amide bonds. The Balaban J connectivity index is 1.53. The van der Waals surface area contributed by atoms with E-state index in [1.165, 1.54) is 11.1 Å².